The van der Waals surface area contributed by atoms with E-state index in [2.05, 4.69) is 0 Å². The second kappa shape index (κ2) is 2.60. The molecule has 0 aromatic carbocycles. The molecule has 1 atom stereocenters. The van der Waals surface area contributed by atoms with E-state index >= 15 is 0 Å². The molecule has 76 valence electrons. The van der Waals surface area contributed by atoms with Crippen LogP contribution < -0.4 is 0 Å². The molecule has 2 saturated carbocycles. The third kappa shape index (κ3) is 0.690. The summed E-state index contributed by atoms with van der Waals surface area (Å²) in [5.41, 5.74) is -4.51. The highest BCUT2D eigenvalue weighted by Crippen LogP contribution is 2.71. The van der Waals surface area contributed by atoms with Crippen LogP contribution in [0.15, 0.2) is 0 Å². The monoisotopic (exact) mass is 210 g/mol. The first-order valence-corrected chi connectivity index (χ1v) is 4.76. The highest BCUT2D eigenvalue weighted by Gasteiger charge is 2.80. The molecule has 0 N–H and O–H groups in total. The van der Waals surface area contributed by atoms with Crippen molar-refractivity contribution >= 4 is 5.78 Å². The fraction of sp³-hybridized carbons (Fsp3) is 0.545. The van der Waals surface area contributed by atoms with E-state index in [1.165, 1.54) is 0 Å². The Morgan fingerprint density at radius 3 is 1.75 bits per heavy atom. The molecule has 5 nitrogen and oxygen atoms in total. The van der Waals surface area contributed by atoms with Crippen LogP contribution in [0.1, 0.15) is 19.3 Å². The van der Waals surface area contributed by atoms with Crippen molar-refractivity contribution in [2.45, 2.75) is 19.3 Å². The van der Waals surface area contributed by atoms with Crippen molar-refractivity contribution in [3.8, 4) is 24.3 Å². The number of carbonyl (C=O) groups excluding carboxylic acids is 1. The van der Waals surface area contributed by atoms with E-state index in [0.717, 1.165) is 0 Å². The third-order valence-corrected chi connectivity index (χ3v) is 3.87. The number of ketones is 1. The average Bonchev–Trinajstić information content (AvgIpc) is 2.88. The molecule has 0 radical (unpaired) electrons. The summed E-state index contributed by atoms with van der Waals surface area (Å²) in [5.74, 6) is -0.178. The average molecular weight is 210 g/mol. The Bertz CT molecular complexity index is 522. The van der Waals surface area contributed by atoms with Crippen LogP contribution in [0.3, 0.4) is 0 Å². The zero-order valence-corrected chi connectivity index (χ0v) is 8.32. The highest BCUT2D eigenvalue weighted by atomic mass is 16.1. The second-order valence-electron chi connectivity index (χ2n) is 4.28. The topological polar surface area (TPSA) is 112 Å². The van der Waals surface area contributed by atoms with Gasteiger partial charge in [0.15, 0.2) is 10.8 Å². The van der Waals surface area contributed by atoms with Gasteiger partial charge in [0, 0.05) is 6.42 Å². The van der Waals surface area contributed by atoms with E-state index in [1.54, 1.807) is 24.3 Å². The largest absolute Gasteiger partial charge is 0.299 e. The van der Waals surface area contributed by atoms with Crippen LogP contribution in [0.4, 0.5) is 0 Å². The molecule has 1 unspecified atom stereocenters. The predicted octanol–water partition coefficient (Wildman–Crippen LogP) is 0.807. The number of Topliss-reactive ketones (excluding diaryl/α,β-unsaturated/α-hetero) is 1. The van der Waals surface area contributed by atoms with Crippen molar-refractivity contribution in [2.24, 2.45) is 16.2 Å². The van der Waals surface area contributed by atoms with Crippen LogP contribution in [0, 0.1) is 61.6 Å². The third-order valence-electron chi connectivity index (χ3n) is 3.87. The first kappa shape index (κ1) is 10.2. The molecule has 2 aliphatic rings. The number of hydrogen-bond acceptors (Lipinski definition) is 5. The summed E-state index contributed by atoms with van der Waals surface area (Å²) in [6.45, 7) is 0. The molecule has 0 saturated heterocycles. The van der Waals surface area contributed by atoms with E-state index in [1.807, 2.05) is 0 Å². The summed E-state index contributed by atoms with van der Waals surface area (Å²) >= 11 is 0. The summed E-state index contributed by atoms with van der Waals surface area (Å²) in [6.07, 6.45) is 0.542. The van der Waals surface area contributed by atoms with E-state index in [4.69, 9.17) is 10.5 Å². The van der Waals surface area contributed by atoms with E-state index in [-0.39, 0.29) is 25.0 Å². The lowest BCUT2D eigenvalue weighted by atomic mass is 9.64. The Morgan fingerprint density at radius 1 is 0.938 bits per heavy atom. The fourth-order valence-electron chi connectivity index (χ4n) is 2.72. The van der Waals surface area contributed by atoms with Gasteiger partial charge in [-0.15, -0.1) is 0 Å². The summed E-state index contributed by atoms with van der Waals surface area (Å²) in [6, 6.07) is 7.11. The number of hydrogen-bond donors (Lipinski definition) is 0. The number of rotatable bonds is 0. The zero-order chi connectivity index (χ0) is 12.0. The van der Waals surface area contributed by atoms with E-state index < -0.39 is 16.2 Å². The molecular formula is C11H6N4O. The summed E-state index contributed by atoms with van der Waals surface area (Å²) in [7, 11) is 0. The SMILES string of the molecule is N#CC1(C#N)CCC2(CC2=O)C1(C#N)C#N. The minimum atomic E-state index is -1.79. The lowest BCUT2D eigenvalue weighted by molar-refractivity contribution is -0.114. The zero-order valence-electron chi connectivity index (χ0n) is 8.32. The van der Waals surface area contributed by atoms with Gasteiger partial charge in [-0.2, -0.15) is 21.0 Å². The molecule has 5 heteroatoms. The molecule has 2 aliphatic carbocycles. The highest BCUT2D eigenvalue weighted by molar-refractivity contribution is 6.03. The van der Waals surface area contributed by atoms with Crippen molar-refractivity contribution in [1.29, 1.82) is 21.0 Å². The van der Waals surface area contributed by atoms with Crippen molar-refractivity contribution in [1.82, 2.24) is 0 Å². The minimum Gasteiger partial charge on any atom is -0.299 e. The Morgan fingerprint density at radius 2 is 1.44 bits per heavy atom. The fourth-order valence-corrected chi connectivity index (χ4v) is 2.72. The van der Waals surface area contributed by atoms with Gasteiger partial charge in [-0.25, -0.2) is 0 Å². The van der Waals surface area contributed by atoms with Crippen molar-refractivity contribution in [2.75, 3.05) is 0 Å². The smallest absolute Gasteiger partial charge is 0.188 e. The molecule has 2 rings (SSSR count). The second-order valence-corrected chi connectivity index (χ2v) is 4.28. The van der Waals surface area contributed by atoms with Gasteiger partial charge >= 0.3 is 0 Å². The van der Waals surface area contributed by atoms with E-state index in [9.17, 15) is 15.3 Å². The molecular weight excluding hydrogens is 204 g/mol. The maximum absolute atomic E-state index is 11.4. The minimum absolute atomic E-state index is 0.118. The van der Waals surface area contributed by atoms with Gasteiger partial charge in [0.05, 0.1) is 29.7 Å². The number of carbonyl (C=O) groups is 1. The molecule has 0 bridgehead atoms. The molecule has 0 aromatic heterocycles. The molecule has 2 fully saturated rings. The number of nitrogens with zero attached hydrogens (tertiary/aromatic N) is 4. The van der Waals surface area contributed by atoms with Crippen LogP contribution in [0.2, 0.25) is 0 Å². The van der Waals surface area contributed by atoms with Gasteiger partial charge in [0.1, 0.15) is 5.78 Å². The molecule has 0 aliphatic heterocycles. The summed E-state index contributed by atoms with van der Waals surface area (Å²) in [4.78, 5) is 11.4. The van der Waals surface area contributed by atoms with Crippen molar-refractivity contribution in [3.63, 3.8) is 0 Å². The van der Waals surface area contributed by atoms with Gasteiger partial charge in [-0.3, -0.25) is 4.79 Å². The van der Waals surface area contributed by atoms with Gasteiger partial charge in [0.25, 0.3) is 0 Å². The predicted molar refractivity (Wildman–Crippen MR) is 48.6 cm³/mol. The van der Waals surface area contributed by atoms with Gasteiger partial charge in [-0.1, -0.05) is 0 Å². The Labute approximate surface area is 92.1 Å². The van der Waals surface area contributed by atoms with Crippen LogP contribution in [-0.4, -0.2) is 5.78 Å². The summed E-state index contributed by atoms with van der Waals surface area (Å²) in [5, 5.41) is 36.5. The van der Waals surface area contributed by atoms with Gasteiger partial charge < -0.3 is 0 Å². The molecule has 1 spiro atoms. The van der Waals surface area contributed by atoms with Crippen LogP contribution in [0.5, 0.6) is 0 Å². The Kier molecular flexibility index (Phi) is 1.65. The quantitative estimate of drug-likeness (QED) is 0.587. The summed E-state index contributed by atoms with van der Waals surface area (Å²) < 4.78 is 0. The van der Waals surface area contributed by atoms with E-state index in [0.29, 0.717) is 0 Å². The maximum atomic E-state index is 11.4. The van der Waals surface area contributed by atoms with Gasteiger partial charge in [-0.05, 0) is 12.8 Å². The standard InChI is InChI=1S/C11H6N4O/c12-4-9(5-13)1-2-10(3-8(10)16)11(9,6-14)7-15/h1-3H2. The lowest BCUT2D eigenvalue weighted by Crippen LogP contribution is -2.39. The molecule has 0 amide bonds. The van der Waals surface area contributed by atoms with Crippen LogP contribution in [0.25, 0.3) is 0 Å². The Hall–Kier alpha value is -2.37. The number of nitriles is 4. The molecule has 16 heavy (non-hydrogen) atoms. The van der Waals surface area contributed by atoms with Crippen molar-refractivity contribution < 1.29 is 4.79 Å². The Balaban J connectivity index is 2.71. The molecule has 0 aromatic rings. The van der Waals surface area contributed by atoms with Crippen LogP contribution in [-0.2, 0) is 4.79 Å². The molecule has 0 heterocycles. The lowest BCUT2D eigenvalue weighted by Gasteiger charge is -2.26. The maximum Gasteiger partial charge on any atom is 0.188 e. The first-order chi connectivity index (χ1) is 7.58. The van der Waals surface area contributed by atoms with Crippen LogP contribution >= 0.6 is 0 Å². The van der Waals surface area contributed by atoms with Gasteiger partial charge in [0.2, 0.25) is 0 Å². The normalized spacial score (nSPS) is 32.1. The first-order valence-electron chi connectivity index (χ1n) is 4.76. The van der Waals surface area contributed by atoms with Crippen molar-refractivity contribution in [3.05, 3.63) is 0 Å².